The van der Waals surface area contributed by atoms with E-state index in [1.165, 1.54) is 12.1 Å². The highest BCUT2D eigenvalue weighted by Gasteiger charge is 2.35. The third kappa shape index (κ3) is 3.10. The molecule has 0 fully saturated rings. The van der Waals surface area contributed by atoms with Gasteiger partial charge in [0.25, 0.3) is 0 Å². The number of halogens is 4. The highest BCUT2D eigenvalue weighted by Crippen LogP contribution is 2.37. The molecule has 0 aliphatic carbocycles. The van der Waals surface area contributed by atoms with Gasteiger partial charge >= 0.3 is 6.18 Å². The van der Waals surface area contributed by atoms with Gasteiger partial charge in [-0.05, 0) is 23.4 Å². The first-order valence-electron chi connectivity index (χ1n) is 5.17. The van der Waals surface area contributed by atoms with Gasteiger partial charge in [-0.2, -0.15) is 18.0 Å². The molecule has 0 unspecified atom stereocenters. The van der Waals surface area contributed by atoms with E-state index in [0.29, 0.717) is 4.47 Å². The van der Waals surface area contributed by atoms with Gasteiger partial charge in [-0.15, -0.1) is 10.2 Å². The van der Waals surface area contributed by atoms with Crippen molar-refractivity contribution in [3.8, 4) is 11.4 Å². The van der Waals surface area contributed by atoms with Crippen LogP contribution in [0.1, 0.15) is 5.56 Å². The Labute approximate surface area is 114 Å². The second-order valence-corrected chi connectivity index (χ2v) is 4.54. The minimum atomic E-state index is -4.51. The van der Waals surface area contributed by atoms with Crippen LogP contribution in [0.4, 0.5) is 13.2 Å². The fourth-order valence-corrected chi connectivity index (χ4v) is 1.84. The van der Waals surface area contributed by atoms with Crippen LogP contribution >= 0.6 is 15.9 Å². The van der Waals surface area contributed by atoms with Gasteiger partial charge in [0.1, 0.15) is 0 Å². The average molecular weight is 337 g/mol. The molecule has 0 amide bonds. The Balaban J connectivity index is 2.48. The predicted octanol–water partition coefficient (Wildman–Crippen LogP) is 2.11. The van der Waals surface area contributed by atoms with Crippen molar-refractivity contribution in [2.75, 3.05) is 6.61 Å². The van der Waals surface area contributed by atoms with Crippen LogP contribution in [0.15, 0.2) is 22.7 Å². The van der Waals surface area contributed by atoms with Gasteiger partial charge in [0.2, 0.25) is 5.82 Å². The molecule has 0 atom stereocenters. The lowest BCUT2D eigenvalue weighted by Crippen LogP contribution is -2.08. The van der Waals surface area contributed by atoms with E-state index < -0.39 is 11.7 Å². The van der Waals surface area contributed by atoms with E-state index >= 15 is 0 Å². The Hall–Kier alpha value is -1.48. The second kappa shape index (κ2) is 5.25. The van der Waals surface area contributed by atoms with Crippen molar-refractivity contribution < 1.29 is 18.3 Å². The number of aromatic nitrogens is 4. The van der Waals surface area contributed by atoms with Crippen LogP contribution in [-0.2, 0) is 12.7 Å². The number of rotatable bonds is 3. The van der Waals surface area contributed by atoms with Crippen LogP contribution in [0.2, 0.25) is 0 Å². The van der Waals surface area contributed by atoms with Gasteiger partial charge < -0.3 is 5.11 Å². The smallest absolute Gasteiger partial charge is 0.394 e. The lowest BCUT2D eigenvalue weighted by molar-refractivity contribution is -0.137. The van der Waals surface area contributed by atoms with E-state index in [9.17, 15) is 13.2 Å². The molecular weight excluding hydrogens is 329 g/mol. The minimum absolute atomic E-state index is 0.0743. The van der Waals surface area contributed by atoms with Crippen LogP contribution in [0.3, 0.4) is 0 Å². The Morgan fingerprint density at radius 2 is 2.05 bits per heavy atom. The van der Waals surface area contributed by atoms with Crippen molar-refractivity contribution in [1.29, 1.82) is 0 Å². The molecule has 2 rings (SSSR count). The number of hydrogen-bond donors (Lipinski definition) is 1. The molecule has 0 saturated carbocycles. The maximum absolute atomic E-state index is 12.9. The Morgan fingerprint density at radius 3 is 2.68 bits per heavy atom. The molecule has 1 aromatic carbocycles. The Bertz CT molecular complexity index is 584. The minimum Gasteiger partial charge on any atom is -0.394 e. The first-order valence-corrected chi connectivity index (χ1v) is 5.97. The van der Waals surface area contributed by atoms with Crippen molar-refractivity contribution >= 4 is 15.9 Å². The number of hydrogen-bond acceptors (Lipinski definition) is 4. The van der Waals surface area contributed by atoms with E-state index in [2.05, 4.69) is 31.3 Å². The van der Waals surface area contributed by atoms with Gasteiger partial charge in [-0.3, -0.25) is 0 Å². The number of nitrogens with zero attached hydrogens (tertiary/aromatic N) is 4. The molecule has 9 heteroatoms. The second-order valence-electron chi connectivity index (χ2n) is 3.62. The molecule has 1 heterocycles. The van der Waals surface area contributed by atoms with Crippen LogP contribution in [-0.4, -0.2) is 31.9 Å². The number of alkyl halides is 3. The normalized spacial score (nSPS) is 11.8. The molecule has 0 saturated heterocycles. The number of tetrazole rings is 1. The fourth-order valence-electron chi connectivity index (χ4n) is 1.48. The largest absolute Gasteiger partial charge is 0.417 e. The van der Waals surface area contributed by atoms with Gasteiger partial charge in [0.15, 0.2) is 0 Å². The van der Waals surface area contributed by atoms with E-state index in [1.807, 2.05) is 0 Å². The summed E-state index contributed by atoms with van der Waals surface area (Å²) >= 11 is 3.00. The Kier molecular flexibility index (Phi) is 3.85. The zero-order valence-corrected chi connectivity index (χ0v) is 11.0. The summed E-state index contributed by atoms with van der Waals surface area (Å²) in [5.74, 6) is -0.131. The van der Waals surface area contributed by atoms with Crippen molar-refractivity contribution in [2.24, 2.45) is 0 Å². The highest BCUT2D eigenvalue weighted by atomic mass is 79.9. The number of aliphatic hydroxyl groups excluding tert-OH is 1. The third-order valence-corrected chi connectivity index (χ3v) is 2.77. The molecule has 19 heavy (non-hydrogen) atoms. The summed E-state index contributed by atoms with van der Waals surface area (Å²) in [5.41, 5.74) is -0.995. The van der Waals surface area contributed by atoms with E-state index in [0.717, 1.165) is 10.9 Å². The molecule has 0 spiro atoms. The summed E-state index contributed by atoms with van der Waals surface area (Å²) in [6.07, 6.45) is -4.51. The lowest BCUT2D eigenvalue weighted by Gasteiger charge is -2.10. The monoisotopic (exact) mass is 336 g/mol. The van der Waals surface area contributed by atoms with Crippen molar-refractivity contribution in [2.45, 2.75) is 12.7 Å². The zero-order valence-electron chi connectivity index (χ0n) is 9.39. The topological polar surface area (TPSA) is 63.8 Å². The molecule has 2 aromatic rings. The van der Waals surface area contributed by atoms with Gasteiger partial charge in [-0.1, -0.05) is 15.9 Å². The van der Waals surface area contributed by atoms with Crippen molar-refractivity contribution in [1.82, 2.24) is 20.2 Å². The quantitative estimate of drug-likeness (QED) is 0.932. The molecule has 1 N–H and O–H groups in total. The highest BCUT2D eigenvalue weighted by molar-refractivity contribution is 9.10. The first-order chi connectivity index (χ1) is 8.91. The Morgan fingerprint density at radius 1 is 1.32 bits per heavy atom. The maximum Gasteiger partial charge on any atom is 0.417 e. The van der Waals surface area contributed by atoms with Crippen LogP contribution in [0.25, 0.3) is 11.4 Å². The molecular formula is C10H8BrF3N4O. The lowest BCUT2D eigenvalue weighted by atomic mass is 10.1. The zero-order chi connectivity index (χ0) is 14.0. The molecule has 0 aliphatic rings. The van der Waals surface area contributed by atoms with Crippen LogP contribution < -0.4 is 0 Å². The molecule has 1 aromatic heterocycles. The van der Waals surface area contributed by atoms with E-state index in [1.54, 1.807) is 0 Å². The summed E-state index contributed by atoms with van der Waals surface area (Å²) in [5, 5.41) is 19.6. The summed E-state index contributed by atoms with van der Waals surface area (Å²) in [6.45, 7) is -0.146. The average Bonchev–Trinajstić information content (AvgIpc) is 2.77. The predicted molar refractivity (Wildman–Crippen MR) is 63.0 cm³/mol. The first kappa shape index (κ1) is 13.9. The van der Waals surface area contributed by atoms with Gasteiger partial charge in [0.05, 0.1) is 18.7 Å². The standard InChI is InChI=1S/C10H8BrF3N4O/c11-6-1-2-7(8(5-6)10(12,13)14)9-15-17-18(16-9)3-4-19/h1-2,5,19H,3-4H2. The van der Waals surface area contributed by atoms with E-state index in [4.69, 9.17) is 5.11 Å². The fraction of sp³-hybridized carbons (Fsp3) is 0.300. The SMILES string of the molecule is OCCn1nnc(-c2ccc(Br)cc2C(F)(F)F)n1. The molecule has 5 nitrogen and oxygen atoms in total. The maximum atomic E-state index is 12.9. The van der Waals surface area contributed by atoms with Gasteiger partial charge in [-0.25, -0.2) is 0 Å². The molecule has 0 radical (unpaired) electrons. The van der Waals surface area contributed by atoms with Crippen LogP contribution in [0.5, 0.6) is 0 Å². The van der Waals surface area contributed by atoms with E-state index in [-0.39, 0.29) is 24.5 Å². The summed E-state index contributed by atoms with van der Waals surface area (Å²) in [4.78, 5) is 1.04. The van der Waals surface area contributed by atoms with Gasteiger partial charge in [0, 0.05) is 10.0 Å². The summed E-state index contributed by atoms with van der Waals surface area (Å²) in [6, 6.07) is 3.70. The third-order valence-electron chi connectivity index (χ3n) is 2.28. The number of benzene rings is 1. The summed E-state index contributed by atoms with van der Waals surface area (Å²) in [7, 11) is 0. The molecule has 0 bridgehead atoms. The summed E-state index contributed by atoms with van der Waals surface area (Å²) < 4.78 is 39.1. The van der Waals surface area contributed by atoms with Crippen molar-refractivity contribution in [3.63, 3.8) is 0 Å². The molecule has 102 valence electrons. The number of aliphatic hydroxyl groups is 1. The van der Waals surface area contributed by atoms with Crippen LogP contribution in [0, 0.1) is 0 Å². The molecule has 0 aliphatic heterocycles. The van der Waals surface area contributed by atoms with Crippen molar-refractivity contribution in [3.05, 3.63) is 28.2 Å².